The zero-order valence-corrected chi connectivity index (χ0v) is 15.6. The highest BCUT2D eigenvalue weighted by atomic mass is 32.1. The lowest BCUT2D eigenvalue weighted by Crippen LogP contribution is -2.16. The maximum atomic E-state index is 12.7. The molecule has 0 aliphatic carbocycles. The summed E-state index contributed by atoms with van der Waals surface area (Å²) in [5, 5.41) is 5.23. The second-order valence-corrected chi connectivity index (χ2v) is 6.79. The fourth-order valence-corrected chi connectivity index (χ4v) is 3.32. The number of pyridine rings is 2. The van der Waals surface area contributed by atoms with E-state index >= 15 is 0 Å². The summed E-state index contributed by atoms with van der Waals surface area (Å²) in [6.07, 6.45) is 6.50. The van der Waals surface area contributed by atoms with Gasteiger partial charge in [0, 0.05) is 17.8 Å². The number of aromatic nitrogens is 5. The van der Waals surface area contributed by atoms with Crippen LogP contribution in [-0.2, 0) is 0 Å². The van der Waals surface area contributed by atoms with Crippen LogP contribution in [-0.4, -0.2) is 30.4 Å². The minimum Gasteiger partial charge on any atom is -0.296 e. The van der Waals surface area contributed by atoms with Gasteiger partial charge >= 0.3 is 0 Å². The molecule has 8 heteroatoms. The normalized spacial score (nSPS) is 10.7. The van der Waals surface area contributed by atoms with E-state index in [-0.39, 0.29) is 5.91 Å². The Morgan fingerprint density at radius 2 is 2.04 bits per heavy atom. The van der Waals surface area contributed by atoms with Gasteiger partial charge in [-0.2, -0.15) is 0 Å². The lowest BCUT2D eigenvalue weighted by atomic mass is 10.1. The van der Waals surface area contributed by atoms with E-state index in [0.29, 0.717) is 16.6 Å². The zero-order chi connectivity index (χ0) is 18.8. The van der Waals surface area contributed by atoms with E-state index in [1.54, 1.807) is 23.3 Å². The van der Waals surface area contributed by atoms with Crippen molar-refractivity contribution in [1.82, 2.24) is 24.5 Å². The average Bonchev–Trinajstić information content (AvgIpc) is 3.34. The molecule has 0 atom stereocenters. The molecule has 0 saturated carbocycles. The van der Waals surface area contributed by atoms with Gasteiger partial charge < -0.3 is 0 Å². The van der Waals surface area contributed by atoms with E-state index in [0.717, 1.165) is 22.5 Å². The van der Waals surface area contributed by atoms with Crippen molar-refractivity contribution in [3.05, 3.63) is 71.4 Å². The van der Waals surface area contributed by atoms with Gasteiger partial charge in [-0.1, -0.05) is 6.07 Å². The molecule has 1 N–H and O–H groups in total. The summed E-state index contributed by atoms with van der Waals surface area (Å²) in [4.78, 5) is 29.9. The quantitative estimate of drug-likeness (QED) is 0.587. The second-order valence-electron chi connectivity index (χ2n) is 5.93. The number of amides is 1. The van der Waals surface area contributed by atoms with Crippen molar-refractivity contribution in [1.29, 1.82) is 0 Å². The van der Waals surface area contributed by atoms with Crippen LogP contribution < -0.4 is 5.32 Å². The Morgan fingerprint density at radius 1 is 1.15 bits per heavy atom. The monoisotopic (exact) mass is 376 g/mol. The first kappa shape index (κ1) is 17.0. The first-order valence-electron chi connectivity index (χ1n) is 8.26. The van der Waals surface area contributed by atoms with Crippen molar-refractivity contribution >= 4 is 22.4 Å². The van der Waals surface area contributed by atoms with Crippen molar-refractivity contribution < 1.29 is 4.79 Å². The molecule has 0 spiro atoms. The van der Waals surface area contributed by atoms with E-state index in [9.17, 15) is 4.79 Å². The number of carbonyl (C=O) groups is 1. The third kappa shape index (κ3) is 3.34. The number of thiazole rings is 1. The van der Waals surface area contributed by atoms with Gasteiger partial charge in [-0.25, -0.2) is 15.0 Å². The smallest absolute Gasteiger partial charge is 0.276 e. The molecule has 0 saturated heterocycles. The molecule has 0 aliphatic heterocycles. The third-order valence-corrected chi connectivity index (χ3v) is 4.97. The minimum atomic E-state index is -0.298. The molecule has 4 heterocycles. The van der Waals surface area contributed by atoms with E-state index in [1.807, 2.05) is 43.5 Å². The van der Waals surface area contributed by atoms with Crippen LogP contribution in [0.2, 0.25) is 0 Å². The maximum absolute atomic E-state index is 12.7. The topological polar surface area (TPSA) is 85.6 Å². The van der Waals surface area contributed by atoms with Gasteiger partial charge in [-0.05, 0) is 43.2 Å². The number of hydrogen-bond donors (Lipinski definition) is 1. The molecule has 4 aromatic rings. The molecule has 0 fully saturated rings. The Hall–Kier alpha value is -3.39. The molecule has 4 aromatic heterocycles. The molecule has 0 aliphatic rings. The van der Waals surface area contributed by atoms with Gasteiger partial charge in [0.05, 0.1) is 11.9 Å². The average molecular weight is 376 g/mol. The molecular formula is C19H16N6OS. The van der Waals surface area contributed by atoms with Crippen LogP contribution in [0.5, 0.6) is 0 Å². The summed E-state index contributed by atoms with van der Waals surface area (Å²) in [6.45, 7) is 4.05. The molecule has 4 rings (SSSR count). The van der Waals surface area contributed by atoms with Crippen LogP contribution in [0, 0.1) is 13.8 Å². The second kappa shape index (κ2) is 7.08. The standard InChI is InChI=1S/C19H16N6OS/c1-12-6-8-22-17(13(12)2)14-10-27-19(23-14)24-18(26)15-9-20-11-25(15)16-5-3-4-7-21-16/h3-11H,1-2H3,(H,23,24,26). The Balaban J connectivity index is 1.58. The Kier molecular flexibility index (Phi) is 4.47. The van der Waals surface area contributed by atoms with Gasteiger partial charge in [0.2, 0.25) is 0 Å². The molecule has 0 bridgehead atoms. The molecule has 0 radical (unpaired) electrons. The first-order chi connectivity index (χ1) is 13.1. The van der Waals surface area contributed by atoms with E-state index in [4.69, 9.17) is 0 Å². The van der Waals surface area contributed by atoms with Crippen LogP contribution in [0.1, 0.15) is 21.6 Å². The number of aryl methyl sites for hydroxylation is 1. The van der Waals surface area contributed by atoms with Gasteiger partial charge in [-0.3, -0.25) is 19.7 Å². The maximum Gasteiger partial charge on any atom is 0.276 e. The zero-order valence-electron chi connectivity index (χ0n) is 14.7. The van der Waals surface area contributed by atoms with E-state index in [1.165, 1.54) is 17.5 Å². The van der Waals surface area contributed by atoms with Crippen molar-refractivity contribution in [3.63, 3.8) is 0 Å². The number of rotatable bonds is 4. The number of carbonyl (C=O) groups excluding carboxylic acids is 1. The lowest BCUT2D eigenvalue weighted by molar-refractivity contribution is 0.102. The Labute approximate surface area is 159 Å². The van der Waals surface area contributed by atoms with Crippen LogP contribution in [0.25, 0.3) is 17.2 Å². The van der Waals surface area contributed by atoms with Crippen LogP contribution in [0.3, 0.4) is 0 Å². The Bertz CT molecular complexity index is 1100. The van der Waals surface area contributed by atoms with Gasteiger partial charge in [-0.15, -0.1) is 11.3 Å². The van der Waals surface area contributed by atoms with Crippen LogP contribution in [0.15, 0.2) is 54.6 Å². The SMILES string of the molecule is Cc1ccnc(-c2csc(NC(=O)c3cncn3-c3ccccn3)n2)c1C. The Morgan fingerprint density at radius 3 is 2.85 bits per heavy atom. The number of nitrogens with zero attached hydrogens (tertiary/aromatic N) is 5. The number of anilines is 1. The fourth-order valence-electron chi connectivity index (χ4n) is 2.63. The van der Waals surface area contributed by atoms with Crippen molar-refractivity contribution in [2.45, 2.75) is 13.8 Å². The summed E-state index contributed by atoms with van der Waals surface area (Å²) in [5.41, 5.74) is 4.18. The highest BCUT2D eigenvalue weighted by Crippen LogP contribution is 2.27. The number of hydrogen-bond acceptors (Lipinski definition) is 6. The van der Waals surface area contributed by atoms with Gasteiger partial charge in [0.15, 0.2) is 5.13 Å². The molecule has 7 nitrogen and oxygen atoms in total. The van der Waals surface area contributed by atoms with Gasteiger partial charge in [0.25, 0.3) is 5.91 Å². The number of nitrogens with one attached hydrogen (secondary N) is 1. The molecule has 1 amide bonds. The lowest BCUT2D eigenvalue weighted by Gasteiger charge is -2.06. The summed E-state index contributed by atoms with van der Waals surface area (Å²) in [5.74, 6) is 0.326. The predicted molar refractivity (Wildman–Crippen MR) is 104 cm³/mol. The molecule has 0 aromatic carbocycles. The summed E-state index contributed by atoms with van der Waals surface area (Å²) >= 11 is 1.36. The summed E-state index contributed by atoms with van der Waals surface area (Å²) < 4.78 is 1.64. The van der Waals surface area contributed by atoms with Crippen molar-refractivity contribution in [2.24, 2.45) is 0 Å². The summed E-state index contributed by atoms with van der Waals surface area (Å²) in [7, 11) is 0. The predicted octanol–water partition coefficient (Wildman–Crippen LogP) is 3.65. The van der Waals surface area contributed by atoms with Gasteiger partial charge in [0.1, 0.15) is 23.5 Å². The molecule has 27 heavy (non-hydrogen) atoms. The highest BCUT2D eigenvalue weighted by Gasteiger charge is 2.16. The molecular weight excluding hydrogens is 360 g/mol. The molecule has 0 unspecified atom stereocenters. The van der Waals surface area contributed by atoms with Crippen LogP contribution >= 0.6 is 11.3 Å². The van der Waals surface area contributed by atoms with Crippen molar-refractivity contribution in [3.8, 4) is 17.2 Å². The van der Waals surface area contributed by atoms with E-state index < -0.39 is 0 Å². The molecule has 134 valence electrons. The van der Waals surface area contributed by atoms with Crippen LogP contribution in [0.4, 0.5) is 5.13 Å². The van der Waals surface area contributed by atoms with E-state index in [2.05, 4.69) is 25.3 Å². The number of imidazole rings is 1. The first-order valence-corrected chi connectivity index (χ1v) is 9.14. The summed E-state index contributed by atoms with van der Waals surface area (Å²) in [6, 6.07) is 7.45. The largest absolute Gasteiger partial charge is 0.296 e. The highest BCUT2D eigenvalue weighted by molar-refractivity contribution is 7.14. The van der Waals surface area contributed by atoms with Crippen molar-refractivity contribution in [2.75, 3.05) is 5.32 Å². The fraction of sp³-hybridized carbons (Fsp3) is 0.105. The minimum absolute atomic E-state index is 0.298. The third-order valence-electron chi connectivity index (χ3n) is 4.21.